The predicted molar refractivity (Wildman–Crippen MR) is 80.3 cm³/mol. The van der Waals surface area contributed by atoms with E-state index >= 15 is 0 Å². The Balaban J connectivity index is 1.54. The number of fused-ring (bicyclic) bond motifs is 4. The van der Waals surface area contributed by atoms with Gasteiger partial charge in [0, 0.05) is 30.5 Å². The first-order valence-electron chi connectivity index (χ1n) is 7.65. The number of piperidine rings is 3. The number of imidazole rings is 1. The minimum atomic E-state index is -0.0530. The zero-order valence-electron chi connectivity index (χ0n) is 12.2. The second-order valence-corrected chi connectivity index (χ2v) is 6.14. The van der Waals surface area contributed by atoms with E-state index in [1.54, 1.807) is 28.9 Å². The Labute approximate surface area is 128 Å². The molecule has 22 heavy (non-hydrogen) atoms. The van der Waals surface area contributed by atoms with Crippen LogP contribution in [0.25, 0.3) is 5.65 Å². The molecule has 1 atom stereocenters. The van der Waals surface area contributed by atoms with Gasteiger partial charge in [-0.25, -0.2) is 4.98 Å². The highest BCUT2D eigenvalue weighted by molar-refractivity contribution is 5.95. The van der Waals surface area contributed by atoms with Gasteiger partial charge in [-0.2, -0.15) is 5.26 Å². The van der Waals surface area contributed by atoms with Gasteiger partial charge in [-0.1, -0.05) is 0 Å². The van der Waals surface area contributed by atoms with Crippen molar-refractivity contribution < 1.29 is 4.79 Å². The van der Waals surface area contributed by atoms with Crippen molar-refractivity contribution in [1.82, 2.24) is 19.6 Å². The lowest BCUT2D eigenvalue weighted by Gasteiger charge is -2.44. The molecule has 112 valence electrons. The van der Waals surface area contributed by atoms with Crippen LogP contribution in [0.1, 0.15) is 28.9 Å². The third kappa shape index (κ3) is 2.24. The molecule has 2 bridgehead atoms. The first-order chi connectivity index (χ1) is 10.7. The van der Waals surface area contributed by atoms with Gasteiger partial charge in [-0.3, -0.25) is 4.79 Å². The van der Waals surface area contributed by atoms with Gasteiger partial charge in [-0.15, -0.1) is 0 Å². The van der Waals surface area contributed by atoms with Crippen LogP contribution in [-0.2, 0) is 0 Å². The van der Waals surface area contributed by atoms with Crippen molar-refractivity contribution in [2.24, 2.45) is 5.92 Å². The summed E-state index contributed by atoms with van der Waals surface area (Å²) >= 11 is 0. The van der Waals surface area contributed by atoms with Crippen LogP contribution in [-0.4, -0.2) is 45.9 Å². The number of carbonyl (C=O) groups excluding carboxylic acids is 1. The fraction of sp³-hybridized carbons (Fsp3) is 0.438. The maximum atomic E-state index is 12.5. The van der Waals surface area contributed by atoms with E-state index in [0.717, 1.165) is 19.6 Å². The number of hydrogen-bond acceptors (Lipinski definition) is 4. The highest BCUT2D eigenvalue weighted by Gasteiger charge is 2.34. The van der Waals surface area contributed by atoms with Gasteiger partial charge in [0.1, 0.15) is 11.7 Å². The summed E-state index contributed by atoms with van der Waals surface area (Å²) < 4.78 is 1.75. The molecule has 3 saturated heterocycles. The molecule has 3 aliphatic heterocycles. The summed E-state index contributed by atoms with van der Waals surface area (Å²) in [4.78, 5) is 19.1. The van der Waals surface area contributed by atoms with E-state index in [4.69, 9.17) is 5.26 Å². The number of carbonyl (C=O) groups is 1. The number of aromatic nitrogens is 2. The Hall–Kier alpha value is -2.39. The molecule has 3 aliphatic rings. The average Bonchev–Trinajstić information content (AvgIpc) is 2.98. The lowest BCUT2D eigenvalue weighted by Crippen LogP contribution is -2.57. The van der Waals surface area contributed by atoms with Crippen molar-refractivity contribution >= 4 is 11.6 Å². The molecule has 0 aliphatic carbocycles. The van der Waals surface area contributed by atoms with Crippen molar-refractivity contribution in [3.05, 3.63) is 35.8 Å². The molecule has 2 aromatic rings. The summed E-state index contributed by atoms with van der Waals surface area (Å²) in [5, 5.41) is 12.1. The first-order valence-corrected chi connectivity index (χ1v) is 7.65. The Morgan fingerprint density at radius 2 is 2.23 bits per heavy atom. The van der Waals surface area contributed by atoms with Gasteiger partial charge in [0.15, 0.2) is 5.69 Å². The quantitative estimate of drug-likeness (QED) is 0.898. The van der Waals surface area contributed by atoms with Gasteiger partial charge >= 0.3 is 0 Å². The lowest BCUT2D eigenvalue weighted by molar-refractivity contribution is 0.0620. The fourth-order valence-corrected chi connectivity index (χ4v) is 3.56. The minimum Gasteiger partial charge on any atom is -0.348 e. The van der Waals surface area contributed by atoms with Crippen molar-refractivity contribution in [2.75, 3.05) is 19.6 Å². The molecular formula is C16H17N5O. The molecule has 5 rings (SSSR count). The molecule has 1 unspecified atom stereocenters. The summed E-state index contributed by atoms with van der Waals surface area (Å²) in [5.41, 5.74) is 1.58. The summed E-state index contributed by atoms with van der Waals surface area (Å²) in [6, 6.07) is 5.77. The first kappa shape index (κ1) is 13.3. The van der Waals surface area contributed by atoms with E-state index in [-0.39, 0.29) is 11.9 Å². The lowest BCUT2D eigenvalue weighted by atomic mass is 9.84. The second kappa shape index (κ2) is 5.11. The van der Waals surface area contributed by atoms with E-state index in [9.17, 15) is 4.79 Å². The molecular weight excluding hydrogens is 278 g/mol. The fourth-order valence-electron chi connectivity index (χ4n) is 3.56. The van der Waals surface area contributed by atoms with Gasteiger partial charge in [0.05, 0.1) is 0 Å². The van der Waals surface area contributed by atoms with Crippen molar-refractivity contribution in [3.63, 3.8) is 0 Å². The number of nitrogens with one attached hydrogen (secondary N) is 1. The summed E-state index contributed by atoms with van der Waals surface area (Å²) in [5.74, 6) is 0.553. The third-order valence-electron chi connectivity index (χ3n) is 4.81. The van der Waals surface area contributed by atoms with Crippen LogP contribution in [0.4, 0.5) is 0 Å². The van der Waals surface area contributed by atoms with Gasteiger partial charge in [0.2, 0.25) is 0 Å². The average molecular weight is 295 g/mol. The Bertz CT molecular complexity index is 766. The third-order valence-corrected chi connectivity index (χ3v) is 4.81. The molecule has 6 heteroatoms. The second-order valence-electron chi connectivity index (χ2n) is 6.14. The van der Waals surface area contributed by atoms with Crippen LogP contribution in [0.15, 0.2) is 24.5 Å². The monoisotopic (exact) mass is 295 g/mol. The summed E-state index contributed by atoms with van der Waals surface area (Å²) in [7, 11) is 0. The van der Waals surface area contributed by atoms with Crippen LogP contribution in [0.2, 0.25) is 0 Å². The van der Waals surface area contributed by atoms with Crippen molar-refractivity contribution in [2.45, 2.75) is 18.9 Å². The Morgan fingerprint density at radius 1 is 1.41 bits per heavy atom. The number of pyridine rings is 1. The zero-order chi connectivity index (χ0) is 15.1. The van der Waals surface area contributed by atoms with Crippen LogP contribution in [0.5, 0.6) is 0 Å². The van der Waals surface area contributed by atoms with E-state index in [1.807, 2.05) is 6.07 Å². The predicted octanol–water partition coefficient (Wildman–Crippen LogP) is 1.03. The summed E-state index contributed by atoms with van der Waals surface area (Å²) in [6.07, 6.45) is 5.78. The van der Waals surface area contributed by atoms with Crippen LogP contribution >= 0.6 is 0 Å². The Morgan fingerprint density at radius 3 is 2.91 bits per heavy atom. The molecule has 1 N–H and O–H groups in total. The highest BCUT2D eigenvalue weighted by Crippen LogP contribution is 2.27. The smallest absolute Gasteiger partial charge is 0.251 e. The van der Waals surface area contributed by atoms with Crippen LogP contribution in [0.3, 0.4) is 0 Å². The van der Waals surface area contributed by atoms with Gasteiger partial charge in [-0.05, 0) is 44.0 Å². The number of nitrogens with zero attached hydrogens (tertiary/aromatic N) is 4. The minimum absolute atomic E-state index is 0.0530. The largest absolute Gasteiger partial charge is 0.348 e. The topological polar surface area (TPSA) is 73.4 Å². The van der Waals surface area contributed by atoms with E-state index in [0.29, 0.717) is 22.8 Å². The maximum Gasteiger partial charge on any atom is 0.251 e. The highest BCUT2D eigenvalue weighted by atomic mass is 16.1. The molecule has 0 saturated carbocycles. The normalized spacial score (nSPS) is 26.8. The molecule has 5 heterocycles. The molecule has 0 spiro atoms. The van der Waals surface area contributed by atoms with E-state index in [1.165, 1.54) is 12.8 Å². The van der Waals surface area contributed by atoms with Gasteiger partial charge < -0.3 is 14.6 Å². The maximum absolute atomic E-state index is 12.5. The molecule has 3 fully saturated rings. The molecule has 0 aromatic carbocycles. The summed E-state index contributed by atoms with van der Waals surface area (Å²) in [6.45, 7) is 3.28. The van der Waals surface area contributed by atoms with E-state index in [2.05, 4.69) is 15.2 Å². The SMILES string of the molecule is N#Cc1cn2ccc(C(=O)NC3CN4CCC3CC4)cc2n1. The van der Waals surface area contributed by atoms with Crippen LogP contribution in [0, 0.1) is 17.2 Å². The van der Waals surface area contributed by atoms with Gasteiger partial charge in [0.25, 0.3) is 5.91 Å². The van der Waals surface area contributed by atoms with Crippen molar-refractivity contribution in [3.8, 4) is 6.07 Å². The van der Waals surface area contributed by atoms with E-state index < -0.39 is 0 Å². The van der Waals surface area contributed by atoms with Crippen molar-refractivity contribution in [1.29, 1.82) is 5.26 Å². The molecule has 2 aromatic heterocycles. The molecule has 6 nitrogen and oxygen atoms in total. The Kier molecular flexibility index (Phi) is 3.09. The number of amides is 1. The van der Waals surface area contributed by atoms with Crippen LogP contribution < -0.4 is 5.32 Å². The number of rotatable bonds is 2. The molecule has 1 amide bonds. The number of hydrogen-bond donors (Lipinski definition) is 1. The number of nitriles is 1. The molecule has 0 radical (unpaired) electrons. The zero-order valence-corrected chi connectivity index (χ0v) is 12.2. The standard InChI is InChI=1S/C16H17N5O/c17-8-13-9-21-6-3-12(7-15(21)18-13)16(22)19-14-10-20-4-1-11(14)2-5-20/h3,6-7,9,11,14H,1-2,4-5,10H2,(H,19,22).